The van der Waals surface area contributed by atoms with Crippen LogP contribution in [0.25, 0.3) is 0 Å². The number of nitrogens with one attached hydrogen (secondary N) is 1. The Morgan fingerprint density at radius 3 is 2.65 bits per heavy atom. The number of carbonyl (C=O) groups excluding carboxylic acids is 2. The number of aryl methyl sites for hydroxylation is 1. The number of carbonyl (C=O) groups is 2. The molecule has 1 aromatic heterocycles. The summed E-state index contributed by atoms with van der Waals surface area (Å²) in [7, 11) is 0. The van der Waals surface area contributed by atoms with E-state index in [2.05, 4.69) is 10.3 Å². The summed E-state index contributed by atoms with van der Waals surface area (Å²) in [6, 6.07) is 3.07. The SMILES string of the molecule is Cc1nc(N)ccc1CNC(=O)C1CCN1C(=O)OC(C)(C)C. The molecule has 7 heteroatoms. The number of nitrogens with zero attached hydrogens (tertiary/aromatic N) is 2. The Bertz CT molecular complexity index is 610. The zero-order valence-electron chi connectivity index (χ0n) is 14.0. The van der Waals surface area contributed by atoms with Gasteiger partial charge in [-0.1, -0.05) is 6.07 Å². The van der Waals surface area contributed by atoms with Crippen molar-refractivity contribution in [2.24, 2.45) is 0 Å². The standard InChI is InChI=1S/C16H24N4O3/c1-10-11(5-6-13(17)19-10)9-18-14(21)12-7-8-20(12)15(22)23-16(2,3)4/h5-6,12H,7-9H2,1-4H3,(H2,17,19)(H,18,21). The van der Waals surface area contributed by atoms with E-state index in [0.717, 1.165) is 11.3 Å². The lowest BCUT2D eigenvalue weighted by atomic mass is 10.0. The lowest BCUT2D eigenvalue weighted by Crippen LogP contribution is -2.59. The number of hydrogen-bond donors (Lipinski definition) is 2. The number of likely N-dealkylation sites (tertiary alicyclic amines) is 1. The molecule has 0 aromatic carbocycles. The number of pyridine rings is 1. The second kappa shape index (κ2) is 6.44. The number of nitrogens with two attached hydrogens (primary N) is 1. The number of rotatable bonds is 3. The molecule has 2 rings (SSSR count). The van der Waals surface area contributed by atoms with E-state index in [-0.39, 0.29) is 5.91 Å². The minimum atomic E-state index is -0.569. The Labute approximate surface area is 136 Å². The summed E-state index contributed by atoms with van der Waals surface area (Å²) in [5.74, 6) is 0.269. The largest absolute Gasteiger partial charge is 0.444 e. The predicted molar refractivity (Wildman–Crippen MR) is 86.6 cm³/mol. The fraction of sp³-hybridized carbons (Fsp3) is 0.562. The molecule has 3 N–H and O–H groups in total. The maximum absolute atomic E-state index is 12.3. The van der Waals surface area contributed by atoms with Crippen LogP contribution in [0.4, 0.5) is 10.6 Å². The van der Waals surface area contributed by atoms with E-state index in [1.54, 1.807) is 26.8 Å². The molecule has 1 saturated heterocycles. The highest BCUT2D eigenvalue weighted by atomic mass is 16.6. The number of amides is 2. The summed E-state index contributed by atoms with van der Waals surface area (Å²) in [5, 5.41) is 2.84. The molecule has 7 nitrogen and oxygen atoms in total. The first kappa shape index (κ1) is 17.1. The molecule has 1 aliphatic rings. The van der Waals surface area contributed by atoms with Gasteiger partial charge in [-0.25, -0.2) is 9.78 Å². The molecule has 2 heterocycles. The highest BCUT2D eigenvalue weighted by Gasteiger charge is 2.39. The summed E-state index contributed by atoms with van der Waals surface area (Å²) in [6.07, 6.45) is 0.193. The minimum absolute atomic E-state index is 0.182. The van der Waals surface area contributed by atoms with Crippen molar-refractivity contribution in [1.82, 2.24) is 15.2 Å². The Morgan fingerprint density at radius 1 is 1.43 bits per heavy atom. The topological polar surface area (TPSA) is 97.5 Å². The normalized spacial score (nSPS) is 17.4. The van der Waals surface area contributed by atoms with Crippen molar-refractivity contribution < 1.29 is 14.3 Å². The predicted octanol–water partition coefficient (Wildman–Crippen LogP) is 1.60. The van der Waals surface area contributed by atoms with Gasteiger partial charge >= 0.3 is 6.09 Å². The van der Waals surface area contributed by atoms with Crippen molar-refractivity contribution in [2.45, 2.75) is 52.3 Å². The van der Waals surface area contributed by atoms with Gasteiger partial charge in [-0.2, -0.15) is 0 Å². The first-order valence-corrected chi connectivity index (χ1v) is 7.67. The van der Waals surface area contributed by atoms with Gasteiger partial charge in [-0.3, -0.25) is 9.69 Å². The maximum atomic E-state index is 12.3. The molecular formula is C16H24N4O3. The highest BCUT2D eigenvalue weighted by Crippen LogP contribution is 2.21. The van der Waals surface area contributed by atoms with Gasteiger partial charge in [0.15, 0.2) is 0 Å². The second-order valence-corrected chi connectivity index (χ2v) is 6.68. The van der Waals surface area contributed by atoms with E-state index in [1.807, 2.05) is 13.0 Å². The molecule has 23 heavy (non-hydrogen) atoms. The number of anilines is 1. The van der Waals surface area contributed by atoms with Crippen LogP contribution in [0.3, 0.4) is 0 Å². The van der Waals surface area contributed by atoms with Crippen molar-refractivity contribution in [3.63, 3.8) is 0 Å². The van der Waals surface area contributed by atoms with E-state index in [0.29, 0.717) is 25.3 Å². The third-order valence-electron chi connectivity index (χ3n) is 3.62. The van der Waals surface area contributed by atoms with Gasteiger partial charge in [-0.15, -0.1) is 0 Å². The Kier molecular flexibility index (Phi) is 4.77. The van der Waals surface area contributed by atoms with Crippen LogP contribution in [-0.2, 0) is 16.1 Å². The molecule has 2 amide bonds. The van der Waals surface area contributed by atoms with Gasteiger partial charge in [0.25, 0.3) is 0 Å². The van der Waals surface area contributed by atoms with Crippen LogP contribution in [-0.4, -0.2) is 40.1 Å². The Hall–Kier alpha value is -2.31. The summed E-state index contributed by atoms with van der Waals surface area (Å²) in [6.45, 7) is 8.14. The van der Waals surface area contributed by atoms with E-state index in [1.165, 1.54) is 4.90 Å². The Balaban J connectivity index is 1.90. The summed E-state index contributed by atoms with van der Waals surface area (Å²) in [5.41, 5.74) is 6.72. The van der Waals surface area contributed by atoms with E-state index in [4.69, 9.17) is 10.5 Å². The maximum Gasteiger partial charge on any atom is 0.410 e. The molecule has 0 bridgehead atoms. The molecule has 1 unspecified atom stereocenters. The monoisotopic (exact) mass is 320 g/mol. The lowest BCUT2D eigenvalue weighted by molar-refractivity contribution is -0.130. The van der Waals surface area contributed by atoms with Gasteiger partial charge in [-0.05, 0) is 45.7 Å². The number of nitrogen functional groups attached to an aromatic ring is 1. The average molecular weight is 320 g/mol. The quantitative estimate of drug-likeness (QED) is 0.881. The molecule has 0 aliphatic carbocycles. The first-order valence-electron chi connectivity index (χ1n) is 7.67. The number of aromatic nitrogens is 1. The summed E-state index contributed by atoms with van der Waals surface area (Å²) < 4.78 is 5.30. The van der Waals surface area contributed by atoms with E-state index >= 15 is 0 Å². The molecule has 1 aromatic rings. The molecule has 0 radical (unpaired) electrons. The van der Waals surface area contributed by atoms with Crippen LogP contribution in [0, 0.1) is 6.92 Å². The Morgan fingerprint density at radius 2 is 2.13 bits per heavy atom. The molecule has 1 aliphatic heterocycles. The van der Waals surface area contributed by atoms with Crippen LogP contribution >= 0.6 is 0 Å². The van der Waals surface area contributed by atoms with Gasteiger partial charge in [0, 0.05) is 18.8 Å². The van der Waals surface area contributed by atoms with Crippen molar-refractivity contribution in [1.29, 1.82) is 0 Å². The molecule has 1 atom stereocenters. The van der Waals surface area contributed by atoms with Crippen LogP contribution in [0.15, 0.2) is 12.1 Å². The first-order chi connectivity index (χ1) is 10.7. The van der Waals surface area contributed by atoms with Crippen LogP contribution in [0.1, 0.15) is 38.4 Å². The zero-order valence-corrected chi connectivity index (χ0v) is 14.0. The number of hydrogen-bond acceptors (Lipinski definition) is 5. The van der Waals surface area contributed by atoms with Crippen molar-refractivity contribution in [3.05, 3.63) is 23.4 Å². The lowest BCUT2D eigenvalue weighted by Gasteiger charge is -2.40. The third kappa shape index (κ3) is 4.34. The molecule has 0 spiro atoms. The second-order valence-electron chi connectivity index (χ2n) is 6.68. The minimum Gasteiger partial charge on any atom is -0.444 e. The van der Waals surface area contributed by atoms with Gasteiger partial charge in [0.05, 0.1) is 0 Å². The van der Waals surface area contributed by atoms with E-state index < -0.39 is 17.7 Å². The molecule has 1 fully saturated rings. The van der Waals surface area contributed by atoms with Crippen LogP contribution in [0.5, 0.6) is 0 Å². The highest BCUT2D eigenvalue weighted by molar-refractivity contribution is 5.87. The van der Waals surface area contributed by atoms with Gasteiger partial charge < -0.3 is 15.8 Å². The molecule has 126 valence electrons. The molecule has 0 saturated carbocycles. The molecular weight excluding hydrogens is 296 g/mol. The average Bonchev–Trinajstić information content (AvgIpc) is 2.33. The van der Waals surface area contributed by atoms with E-state index in [9.17, 15) is 9.59 Å². The van der Waals surface area contributed by atoms with Crippen LogP contribution in [0.2, 0.25) is 0 Å². The zero-order chi connectivity index (χ0) is 17.2. The van der Waals surface area contributed by atoms with Crippen molar-refractivity contribution in [2.75, 3.05) is 12.3 Å². The summed E-state index contributed by atoms with van der Waals surface area (Å²) >= 11 is 0. The smallest absolute Gasteiger partial charge is 0.410 e. The van der Waals surface area contributed by atoms with Crippen molar-refractivity contribution in [3.8, 4) is 0 Å². The fourth-order valence-electron chi connectivity index (χ4n) is 2.30. The van der Waals surface area contributed by atoms with Gasteiger partial charge in [0.1, 0.15) is 17.5 Å². The third-order valence-corrected chi connectivity index (χ3v) is 3.62. The van der Waals surface area contributed by atoms with Crippen LogP contribution < -0.4 is 11.1 Å². The summed E-state index contributed by atoms with van der Waals surface area (Å²) in [4.78, 5) is 29.9. The fourth-order valence-corrected chi connectivity index (χ4v) is 2.30. The van der Waals surface area contributed by atoms with Crippen molar-refractivity contribution >= 4 is 17.8 Å². The van der Waals surface area contributed by atoms with Gasteiger partial charge in [0.2, 0.25) is 5.91 Å². The number of ether oxygens (including phenoxy) is 1.